The number of rotatable bonds is 6. The summed E-state index contributed by atoms with van der Waals surface area (Å²) in [6.07, 6.45) is 3.03. The number of nitrogens with zero attached hydrogens (tertiary/aromatic N) is 2. The Bertz CT molecular complexity index is 1310. The van der Waals surface area contributed by atoms with Gasteiger partial charge in [-0.15, -0.1) is 0 Å². The van der Waals surface area contributed by atoms with Crippen LogP contribution in [0.2, 0.25) is 0 Å². The second kappa shape index (κ2) is 10.0. The van der Waals surface area contributed by atoms with Crippen molar-refractivity contribution in [2.45, 2.75) is 30.6 Å². The van der Waals surface area contributed by atoms with E-state index in [1.807, 2.05) is 24.3 Å². The highest BCUT2D eigenvalue weighted by atomic mass is 79.9. The molecule has 0 N–H and O–H groups in total. The zero-order chi connectivity index (χ0) is 23.4. The Kier molecular flexibility index (Phi) is 7.08. The first-order valence-corrected chi connectivity index (χ1v) is 13.0. The lowest BCUT2D eigenvalue weighted by Gasteiger charge is -2.25. The average Bonchev–Trinajstić information content (AvgIpc) is 2.85. The van der Waals surface area contributed by atoms with Crippen LogP contribution in [0.5, 0.6) is 0 Å². The molecule has 4 rings (SSSR count). The summed E-state index contributed by atoms with van der Waals surface area (Å²) in [6.45, 7) is 1.13. The number of carbonyl (C=O) groups excluding carboxylic acids is 1. The molecule has 5 nitrogen and oxygen atoms in total. The molecule has 0 amide bonds. The van der Waals surface area contributed by atoms with Gasteiger partial charge in [-0.05, 0) is 65.9 Å². The molecule has 1 saturated heterocycles. The molecular weight excluding hydrogens is 500 g/mol. The Balaban J connectivity index is 1.51. The summed E-state index contributed by atoms with van der Waals surface area (Å²) in [6, 6.07) is 21.4. The third-order valence-electron chi connectivity index (χ3n) is 5.85. The van der Waals surface area contributed by atoms with Crippen LogP contribution in [0, 0.1) is 11.3 Å². The Morgan fingerprint density at radius 1 is 0.939 bits per heavy atom. The highest BCUT2D eigenvalue weighted by molar-refractivity contribution is 9.10. The standard InChI is InChI=1S/C26H23BrN2O3S/c27-25-13-10-22(17-24(25)21-8-4-20(18-28)5-9-21)26(30)16-19-6-11-23(12-7-19)33(31,32)29-14-2-1-3-15-29/h4-13,17H,1-3,14-16H2. The topological polar surface area (TPSA) is 78.2 Å². The van der Waals surface area contributed by atoms with Crippen molar-refractivity contribution in [1.82, 2.24) is 4.31 Å². The maximum absolute atomic E-state index is 13.0. The van der Waals surface area contributed by atoms with Gasteiger partial charge in [0.25, 0.3) is 0 Å². The highest BCUT2D eigenvalue weighted by Gasteiger charge is 2.25. The smallest absolute Gasteiger partial charge is 0.243 e. The van der Waals surface area contributed by atoms with Gasteiger partial charge in [0, 0.05) is 29.5 Å². The number of ketones is 1. The Labute approximate surface area is 202 Å². The predicted octanol–water partition coefficient (Wildman–Crippen LogP) is 5.59. The van der Waals surface area contributed by atoms with Crippen molar-refractivity contribution in [2.75, 3.05) is 13.1 Å². The zero-order valence-electron chi connectivity index (χ0n) is 18.0. The van der Waals surface area contributed by atoms with E-state index in [-0.39, 0.29) is 17.1 Å². The fraction of sp³-hybridized carbons (Fsp3) is 0.231. The Hall–Kier alpha value is -2.79. The van der Waals surface area contributed by atoms with Crippen LogP contribution >= 0.6 is 15.9 Å². The monoisotopic (exact) mass is 522 g/mol. The second-order valence-corrected chi connectivity index (χ2v) is 10.9. The van der Waals surface area contributed by atoms with Crippen molar-refractivity contribution < 1.29 is 13.2 Å². The van der Waals surface area contributed by atoms with Crippen molar-refractivity contribution in [3.63, 3.8) is 0 Å². The van der Waals surface area contributed by atoms with E-state index in [4.69, 9.17) is 5.26 Å². The van der Waals surface area contributed by atoms with E-state index in [1.165, 1.54) is 0 Å². The van der Waals surface area contributed by atoms with Crippen molar-refractivity contribution in [1.29, 1.82) is 5.26 Å². The van der Waals surface area contributed by atoms with Gasteiger partial charge in [0.05, 0.1) is 16.5 Å². The number of hydrogen-bond donors (Lipinski definition) is 0. The lowest BCUT2D eigenvalue weighted by atomic mass is 9.98. The summed E-state index contributed by atoms with van der Waals surface area (Å²) in [4.78, 5) is 13.2. The molecule has 1 aliphatic rings. The third kappa shape index (κ3) is 5.25. The first-order valence-electron chi connectivity index (χ1n) is 10.8. The summed E-state index contributed by atoms with van der Waals surface area (Å²) in [5, 5.41) is 9.00. The first-order chi connectivity index (χ1) is 15.9. The van der Waals surface area contributed by atoms with Crippen molar-refractivity contribution in [3.8, 4) is 17.2 Å². The molecule has 1 aliphatic heterocycles. The molecule has 0 atom stereocenters. The van der Waals surface area contributed by atoms with E-state index >= 15 is 0 Å². The average molecular weight is 523 g/mol. The summed E-state index contributed by atoms with van der Waals surface area (Å²) < 4.78 is 28.0. The summed E-state index contributed by atoms with van der Waals surface area (Å²) in [7, 11) is -3.48. The summed E-state index contributed by atoms with van der Waals surface area (Å²) >= 11 is 3.54. The Morgan fingerprint density at radius 2 is 1.61 bits per heavy atom. The molecule has 3 aromatic rings. The molecule has 0 unspecified atom stereocenters. The van der Waals surface area contributed by atoms with Crippen LogP contribution in [0.25, 0.3) is 11.1 Å². The lowest BCUT2D eigenvalue weighted by Crippen LogP contribution is -2.35. The van der Waals surface area contributed by atoms with Gasteiger partial charge in [-0.1, -0.05) is 52.7 Å². The minimum atomic E-state index is -3.48. The molecule has 7 heteroatoms. The molecule has 0 saturated carbocycles. The van der Waals surface area contributed by atoms with E-state index < -0.39 is 10.0 Å². The molecule has 0 aliphatic carbocycles. The number of sulfonamides is 1. The van der Waals surface area contributed by atoms with Gasteiger partial charge in [0.1, 0.15) is 0 Å². The van der Waals surface area contributed by atoms with Crippen LogP contribution in [0.15, 0.2) is 76.1 Å². The maximum Gasteiger partial charge on any atom is 0.243 e. The molecule has 3 aromatic carbocycles. The van der Waals surface area contributed by atoms with Crippen molar-refractivity contribution in [3.05, 3.63) is 87.9 Å². The van der Waals surface area contributed by atoms with E-state index in [1.54, 1.807) is 46.8 Å². The van der Waals surface area contributed by atoms with Crippen molar-refractivity contribution >= 4 is 31.7 Å². The van der Waals surface area contributed by atoms with Gasteiger partial charge in [0.15, 0.2) is 5.78 Å². The number of Topliss-reactive ketones (excluding diaryl/α,β-unsaturated/α-hetero) is 1. The molecule has 33 heavy (non-hydrogen) atoms. The number of carbonyl (C=O) groups is 1. The van der Waals surface area contributed by atoms with E-state index in [0.717, 1.165) is 40.4 Å². The molecular formula is C26H23BrN2O3S. The van der Waals surface area contributed by atoms with Crippen LogP contribution in [0.1, 0.15) is 40.7 Å². The number of halogens is 1. The lowest BCUT2D eigenvalue weighted by molar-refractivity contribution is 0.0993. The highest BCUT2D eigenvalue weighted by Crippen LogP contribution is 2.30. The van der Waals surface area contributed by atoms with E-state index in [0.29, 0.717) is 24.2 Å². The van der Waals surface area contributed by atoms with Gasteiger partial charge in [-0.2, -0.15) is 9.57 Å². The quantitative estimate of drug-likeness (QED) is 0.395. The SMILES string of the molecule is N#Cc1ccc(-c2cc(C(=O)Cc3ccc(S(=O)(=O)N4CCCCC4)cc3)ccc2Br)cc1. The third-order valence-corrected chi connectivity index (χ3v) is 8.46. The first kappa shape index (κ1) is 23.4. The van der Waals surface area contributed by atoms with E-state index in [2.05, 4.69) is 22.0 Å². The molecule has 0 spiro atoms. The van der Waals surface area contributed by atoms with E-state index in [9.17, 15) is 13.2 Å². The zero-order valence-corrected chi connectivity index (χ0v) is 20.4. The van der Waals surface area contributed by atoms with Crippen molar-refractivity contribution in [2.24, 2.45) is 0 Å². The van der Waals surface area contributed by atoms with Gasteiger partial charge in [-0.25, -0.2) is 8.42 Å². The molecule has 0 bridgehead atoms. The van der Waals surface area contributed by atoms with Gasteiger partial charge >= 0.3 is 0 Å². The fourth-order valence-corrected chi connectivity index (χ4v) is 5.96. The summed E-state index contributed by atoms with van der Waals surface area (Å²) in [5.41, 5.74) is 3.69. The maximum atomic E-state index is 13.0. The normalized spacial score (nSPS) is 14.5. The predicted molar refractivity (Wildman–Crippen MR) is 131 cm³/mol. The van der Waals surface area contributed by atoms with Crippen LogP contribution in [-0.2, 0) is 16.4 Å². The Morgan fingerprint density at radius 3 is 2.24 bits per heavy atom. The van der Waals surface area contributed by atoms with Crippen LogP contribution in [0.3, 0.4) is 0 Å². The molecule has 1 heterocycles. The number of nitriles is 1. The molecule has 0 radical (unpaired) electrons. The fourth-order valence-electron chi connectivity index (χ4n) is 3.97. The van der Waals surface area contributed by atoms with Crippen LogP contribution < -0.4 is 0 Å². The van der Waals surface area contributed by atoms with Crippen LogP contribution in [-0.4, -0.2) is 31.6 Å². The van der Waals surface area contributed by atoms with Gasteiger partial charge < -0.3 is 0 Å². The van der Waals surface area contributed by atoms with Crippen LogP contribution in [0.4, 0.5) is 0 Å². The largest absolute Gasteiger partial charge is 0.294 e. The molecule has 1 fully saturated rings. The van der Waals surface area contributed by atoms with Gasteiger partial charge in [0.2, 0.25) is 10.0 Å². The minimum Gasteiger partial charge on any atom is -0.294 e. The molecule has 0 aromatic heterocycles. The number of hydrogen-bond acceptors (Lipinski definition) is 4. The van der Waals surface area contributed by atoms with Gasteiger partial charge in [-0.3, -0.25) is 4.79 Å². The number of piperidine rings is 1. The summed E-state index contributed by atoms with van der Waals surface area (Å²) in [5.74, 6) is -0.0518. The number of benzene rings is 3. The molecule has 168 valence electrons. The minimum absolute atomic E-state index is 0.0518. The second-order valence-electron chi connectivity index (χ2n) is 8.09.